The first-order valence-electron chi connectivity index (χ1n) is 6.33. The minimum atomic E-state index is -0.467. The van der Waals surface area contributed by atoms with Gasteiger partial charge in [0.05, 0.1) is 18.1 Å². The van der Waals surface area contributed by atoms with E-state index < -0.39 is 4.92 Å². The summed E-state index contributed by atoms with van der Waals surface area (Å²) in [5, 5.41) is 11.1. The zero-order valence-corrected chi connectivity index (χ0v) is 11.5. The summed E-state index contributed by atoms with van der Waals surface area (Å²) in [7, 11) is 3.46. The lowest BCUT2D eigenvalue weighted by Gasteiger charge is -2.27. The Labute approximate surface area is 116 Å². The maximum Gasteiger partial charge on any atom is 0.293 e. The van der Waals surface area contributed by atoms with Crippen molar-refractivity contribution in [3.63, 3.8) is 0 Å². The molecule has 20 heavy (non-hydrogen) atoms. The summed E-state index contributed by atoms with van der Waals surface area (Å²) < 4.78 is 5.19. The van der Waals surface area contributed by atoms with Gasteiger partial charge in [-0.05, 0) is 12.1 Å². The lowest BCUT2D eigenvalue weighted by atomic mass is 10.1. The van der Waals surface area contributed by atoms with Crippen LogP contribution in [0.4, 0.5) is 11.4 Å². The van der Waals surface area contributed by atoms with Crippen molar-refractivity contribution in [1.29, 1.82) is 0 Å². The van der Waals surface area contributed by atoms with Gasteiger partial charge < -0.3 is 14.5 Å². The number of carbonyl (C=O) groups excluding carboxylic acids is 1. The number of hydrogen-bond acceptors (Lipinski definition) is 5. The minimum absolute atomic E-state index is 0.0610. The number of ether oxygens (including phenoxy) is 1. The quantitative estimate of drug-likeness (QED) is 0.612. The Hall–Kier alpha value is -2.15. The molecule has 0 atom stereocenters. The Morgan fingerprint density at radius 2 is 2.00 bits per heavy atom. The molecular formula is C13H17N3O4. The highest BCUT2D eigenvalue weighted by molar-refractivity contribution is 5.95. The number of carbonyl (C=O) groups is 1. The number of nitro groups is 1. The summed E-state index contributed by atoms with van der Waals surface area (Å²) in [5.74, 6) is -0.193. The van der Waals surface area contributed by atoms with E-state index in [1.807, 2.05) is 0 Å². The monoisotopic (exact) mass is 279 g/mol. The van der Waals surface area contributed by atoms with Crippen LogP contribution in [0.5, 0.6) is 0 Å². The van der Waals surface area contributed by atoms with Crippen molar-refractivity contribution in [1.82, 2.24) is 4.90 Å². The molecule has 0 N–H and O–H groups in total. The van der Waals surface area contributed by atoms with E-state index in [1.54, 1.807) is 36.0 Å². The molecular weight excluding hydrogens is 262 g/mol. The van der Waals surface area contributed by atoms with Crippen LogP contribution >= 0.6 is 0 Å². The molecule has 7 heteroatoms. The molecule has 0 unspecified atom stereocenters. The highest BCUT2D eigenvalue weighted by atomic mass is 16.6. The smallest absolute Gasteiger partial charge is 0.293 e. The predicted molar refractivity (Wildman–Crippen MR) is 74.1 cm³/mol. The number of morpholine rings is 1. The van der Waals surface area contributed by atoms with Gasteiger partial charge in [-0.3, -0.25) is 14.9 Å². The summed E-state index contributed by atoms with van der Waals surface area (Å²) in [4.78, 5) is 26.2. The molecule has 1 saturated heterocycles. The lowest BCUT2D eigenvalue weighted by Crippen LogP contribution is -2.40. The molecule has 1 aliphatic heterocycles. The standard InChI is InChI=1S/C13H17N3O4/c1-14(2)11-4-3-10(9-12(11)16(18)19)13(17)15-5-7-20-8-6-15/h3-4,9H,5-8H2,1-2H3. The van der Waals surface area contributed by atoms with Crippen LogP contribution < -0.4 is 4.90 Å². The second kappa shape index (κ2) is 5.87. The first-order valence-corrected chi connectivity index (χ1v) is 6.33. The van der Waals surface area contributed by atoms with Crippen molar-refractivity contribution in [2.24, 2.45) is 0 Å². The summed E-state index contributed by atoms with van der Waals surface area (Å²) in [6.45, 7) is 2.04. The van der Waals surface area contributed by atoms with Crippen molar-refractivity contribution in [2.45, 2.75) is 0 Å². The molecule has 1 aliphatic rings. The van der Waals surface area contributed by atoms with Crippen molar-refractivity contribution in [3.05, 3.63) is 33.9 Å². The van der Waals surface area contributed by atoms with Crippen LogP contribution in [-0.4, -0.2) is 56.1 Å². The third kappa shape index (κ3) is 2.88. The van der Waals surface area contributed by atoms with Gasteiger partial charge in [-0.1, -0.05) is 0 Å². The number of benzene rings is 1. The van der Waals surface area contributed by atoms with Crippen LogP contribution in [0.3, 0.4) is 0 Å². The van der Waals surface area contributed by atoms with Gasteiger partial charge in [0.2, 0.25) is 0 Å². The third-order valence-corrected chi connectivity index (χ3v) is 3.20. The largest absolute Gasteiger partial charge is 0.378 e. The number of anilines is 1. The van der Waals surface area contributed by atoms with Crippen LogP contribution in [0.25, 0.3) is 0 Å². The molecule has 1 fully saturated rings. The topological polar surface area (TPSA) is 75.9 Å². The summed E-state index contributed by atoms with van der Waals surface area (Å²) in [5.41, 5.74) is 0.756. The first-order chi connectivity index (χ1) is 9.50. The summed E-state index contributed by atoms with van der Waals surface area (Å²) >= 11 is 0. The van der Waals surface area contributed by atoms with E-state index in [0.717, 1.165) is 0 Å². The van der Waals surface area contributed by atoms with Gasteiger partial charge in [0, 0.05) is 38.8 Å². The van der Waals surface area contributed by atoms with Crippen LogP contribution in [0.15, 0.2) is 18.2 Å². The second-order valence-corrected chi connectivity index (χ2v) is 4.76. The van der Waals surface area contributed by atoms with E-state index in [1.165, 1.54) is 6.07 Å². The fourth-order valence-corrected chi connectivity index (χ4v) is 2.13. The number of rotatable bonds is 3. The second-order valence-electron chi connectivity index (χ2n) is 4.76. The molecule has 0 spiro atoms. The van der Waals surface area contributed by atoms with Crippen LogP contribution in [0.1, 0.15) is 10.4 Å². The molecule has 1 heterocycles. The highest BCUT2D eigenvalue weighted by Crippen LogP contribution is 2.28. The van der Waals surface area contributed by atoms with Crippen molar-refractivity contribution < 1.29 is 14.5 Å². The highest BCUT2D eigenvalue weighted by Gasteiger charge is 2.23. The first kappa shape index (κ1) is 14.3. The van der Waals surface area contributed by atoms with Crippen LogP contribution in [0.2, 0.25) is 0 Å². The van der Waals surface area contributed by atoms with Gasteiger partial charge in [0.25, 0.3) is 11.6 Å². The number of nitro benzene ring substituents is 1. The Morgan fingerprint density at radius 1 is 1.35 bits per heavy atom. The molecule has 0 aromatic heterocycles. The van der Waals surface area contributed by atoms with Gasteiger partial charge in [0.15, 0.2) is 0 Å². The van der Waals surface area contributed by atoms with Crippen molar-refractivity contribution in [3.8, 4) is 0 Å². The molecule has 2 rings (SSSR count). The Bertz CT molecular complexity index is 524. The molecule has 1 aromatic rings. The van der Waals surface area contributed by atoms with Gasteiger partial charge in [0.1, 0.15) is 5.69 Å². The molecule has 108 valence electrons. The number of hydrogen-bond donors (Lipinski definition) is 0. The fraction of sp³-hybridized carbons (Fsp3) is 0.462. The fourth-order valence-electron chi connectivity index (χ4n) is 2.13. The molecule has 0 radical (unpaired) electrons. The molecule has 0 aliphatic carbocycles. The van der Waals surface area contributed by atoms with Crippen LogP contribution in [-0.2, 0) is 4.74 Å². The predicted octanol–water partition coefficient (Wildman–Crippen LogP) is 1.13. The van der Waals surface area contributed by atoms with E-state index in [4.69, 9.17) is 4.74 Å². The van der Waals surface area contributed by atoms with Crippen molar-refractivity contribution in [2.75, 3.05) is 45.3 Å². The third-order valence-electron chi connectivity index (χ3n) is 3.20. The normalized spacial score (nSPS) is 15.0. The van der Waals surface area contributed by atoms with Gasteiger partial charge >= 0.3 is 0 Å². The number of amides is 1. The zero-order valence-electron chi connectivity index (χ0n) is 11.5. The number of nitrogens with zero attached hydrogens (tertiary/aromatic N) is 3. The lowest BCUT2D eigenvalue weighted by molar-refractivity contribution is -0.384. The van der Waals surface area contributed by atoms with Gasteiger partial charge in [-0.25, -0.2) is 0 Å². The van der Waals surface area contributed by atoms with Gasteiger partial charge in [-0.15, -0.1) is 0 Å². The van der Waals surface area contributed by atoms with Gasteiger partial charge in [-0.2, -0.15) is 0 Å². The average molecular weight is 279 g/mol. The Balaban J connectivity index is 2.30. The molecule has 1 aromatic carbocycles. The average Bonchev–Trinajstić information content (AvgIpc) is 2.46. The van der Waals surface area contributed by atoms with Crippen molar-refractivity contribution >= 4 is 17.3 Å². The Morgan fingerprint density at radius 3 is 2.55 bits per heavy atom. The molecule has 7 nitrogen and oxygen atoms in total. The molecule has 1 amide bonds. The van der Waals surface area contributed by atoms with E-state index in [0.29, 0.717) is 37.6 Å². The van der Waals surface area contributed by atoms with E-state index in [-0.39, 0.29) is 11.6 Å². The Kier molecular flexibility index (Phi) is 4.19. The summed E-state index contributed by atoms with van der Waals surface area (Å²) in [6.07, 6.45) is 0. The molecule has 0 bridgehead atoms. The summed E-state index contributed by atoms with van der Waals surface area (Å²) in [6, 6.07) is 4.57. The van der Waals surface area contributed by atoms with Crippen LogP contribution in [0, 0.1) is 10.1 Å². The zero-order chi connectivity index (χ0) is 14.7. The van der Waals surface area contributed by atoms with E-state index >= 15 is 0 Å². The minimum Gasteiger partial charge on any atom is -0.378 e. The molecule has 0 saturated carbocycles. The van der Waals surface area contributed by atoms with E-state index in [9.17, 15) is 14.9 Å². The maximum atomic E-state index is 12.3. The van der Waals surface area contributed by atoms with E-state index in [2.05, 4.69) is 0 Å². The maximum absolute atomic E-state index is 12.3. The SMILES string of the molecule is CN(C)c1ccc(C(=O)N2CCOCC2)cc1[N+](=O)[O-].